The summed E-state index contributed by atoms with van der Waals surface area (Å²) >= 11 is 0. The maximum Gasteiger partial charge on any atom is 0.490 e. The van der Waals surface area contributed by atoms with E-state index >= 15 is 0 Å². The summed E-state index contributed by atoms with van der Waals surface area (Å²) < 4.78 is 41.1. The number of carbonyl (C=O) groups is 2. The summed E-state index contributed by atoms with van der Waals surface area (Å²) in [5, 5.41) is 9.94. The molecule has 0 aromatic heterocycles. The van der Waals surface area contributed by atoms with Crippen LogP contribution in [0.3, 0.4) is 0 Å². The van der Waals surface area contributed by atoms with Crippen molar-refractivity contribution in [3.63, 3.8) is 0 Å². The summed E-state index contributed by atoms with van der Waals surface area (Å²) in [5.74, 6) is -3.03. The van der Waals surface area contributed by atoms with E-state index in [1.165, 1.54) is 0 Å². The van der Waals surface area contributed by atoms with Crippen LogP contribution in [0.15, 0.2) is 0 Å². The minimum atomic E-state index is -5.08. The van der Waals surface area contributed by atoms with Gasteiger partial charge >= 0.3 is 18.1 Å². The predicted molar refractivity (Wildman–Crippen MR) is 43.4 cm³/mol. The Balaban J connectivity index is 0.000000293. The van der Waals surface area contributed by atoms with Gasteiger partial charge in [0.2, 0.25) is 0 Å². The molecule has 1 aliphatic rings. The van der Waals surface area contributed by atoms with Crippen LogP contribution in [0.1, 0.15) is 0 Å². The van der Waals surface area contributed by atoms with Gasteiger partial charge in [0.15, 0.2) is 12.9 Å². The van der Waals surface area contributed by atoms with Gasteiger partial charge in [-0.05, 0) is 7.05 Å². The molecular formula is C7H10F3NO5. The number of aliphatic carboxylic acids is 1. The number of esters is 1. The third-order valence-corrected chi connectivity index (χ3v) is 1.37. The van der Waals surface area contributed by atoms with Gasteiger partial charge in [0.1, 0.15) is 0 Å². The van der Waals surface area contributed by atoms with Crippen LogP contribution in [0.25, 0.3) is 0 Å². The molecule has 0 saturated carbocycles. The number of ether oxygens (including phenoxy) is 2. The third-order valence-electron chi connectivity index (χ3n) is 1.37. The highest BCUT2D eigenvalue weighted by atomic mass is 19.4. The summed E-state index contributed by atoms with van der Waals surface area (Å²) in [4.78, 5) is 19.5. The molecule has 6 nitrogen and oxygen atoms in total. The van der Waals surface area contributed by atoms with E-state index in [1.807, 2.05) is 0 Å². The molecule has 1 aliphatic heterocycles. The molecule has 0 amide bonds. The Morgan fingerprint density at radius 3 is 2.38 bits per heavy atom. The van der Waals surface area contributed by atoms with E-state index in [2.05, 4.69) is 10.1 Å². The minimum Gasteiger partial charge on any atom is -0.475 e. The first kappa shape index (κ1) is 14.6. The second-order valence-electron chi connectivity index (χ2n) is 2.60. The number of hydrogen-bond acceptors (Lipinski definition) is 5. The van der Waals surface area contributed by atoms with E-state index in [1.54, 1.807) is 7.05 Å². The topological polar surface area (TPSA) is 84.9 Å². The Morgan fingerprint density at radius 2 is 2.12 bits per heavy atom. The molecule has 0 aliphatic carbocycles. The molecular weight excluding hydrogens is 235 g/mol. The molecule has 16 heavy (non-hydrogen) atoms. The molecule has 2 N–H and O–H groups in total. The van der Waals surface area contributed by atoms with Crippen LogP contribution < -0.4 is 5.32 Å². The average Bonchev–Trinajstić information content (AvgIpc) is 2.52. The Bertz CT molecular complexity index is 255. The van der Waals surface area contributed by atoms with E-state index in [-0.39, 0.29) is 12.8 Å². The third kappa shape index (κ3) is 5.51. The normalized spacial score (nSPS) is 19.8. The van der Waals surface area contributed by atoms with E-state index in [4.69, 9.17) is 14.6 Å². The Labute approximate surface area is 88.3 Å². The van der Waals surface area contributed by atoms with E-state index in [9.17, 15) is 18.0 Å². The Kier molecular flexibility index (Phi) is 5.75. The highest BCUT2D eigenvalue weighted by molar-refractivity contribution is 5.76. The fraction of sp³-hybridized carbons (Fsp3) is 0.714. The lowest BCUT2D eigenvalue weighted by molar-refractivity contribution is -0.192. The van der Waals surface area contributed by atoms with Crippen molar-refractivity contribution in [3.05, 3.63) is 0 Å². The lowest BCUT2D eigenvalue weighted by Crippen LogP contribution is -2.28. The van der Waals surface area contributed by atoms with Gasteiger partial charge in [0.05, 0.1) is 0 Å². The lowest BCUT2D eigenvalue weighted by atomic mass is 10.4. The molecule has 0 spiro atoms. The molecule has 1 fully saturated rings. The number of carbonyl (C=O) groups excluding carboxylic acids is 1. The molecule has 1 unspecified atom stereocenters. The fourth-order valence-corrected chi connectivity index (χ4v) is 0.663. The number of alkyl halides is 3. The molecule has 94 valence electrons. The van der Waals surface area contributed by atoms with Crippen LogP contribution in [0.2, 0.25) is 0 Å². The van der Waals surface area contributed by atoms with E-state index in [0.717, 1.165) is 0 Å². The van der Waals surface area contributed by atoms with Crippen molar-refractivity contribution >= 4 is 11.9 Å². The van der Waals surface area contributed by atoms with Crippen LogP contribution in [-0.4, -0.2) is 49.7 Å². The van der Waals surface area contributed by atoms with Gasteiger partial charge in [-0.2, -0.15) is 13.2 Å². The zero-order chi connectivity index (χ0) is 12.8. The van der Waals surface area contributed by atoms with Crippen molar-refractivity contribution in [1.29, 1.82) is 0 Å². The van der Waals surface area contributed by atoms with Crippen LogP contribution in [0, 0.1) is 0 Å². The zero-order valence-electron chi connectivity index (χ0n) is 8.21. The van der Waals surface area contributed by atoms with Gasteiger partial charge in [0, 0.05) is 6.54 Å². The highest BCUT2D eigenvalue weighted by Gasteiger charge is 2.38. The molecule has 0 aromatic rings. The smallest absolute Gasteiger partial charge is 0.475 e. The van der Waals surface area contributed by atoms with Crippen molar-refractivity contribution in [2.75, 3.05) is 20.4 Å². The number of rotatable bonds is 2. The zero-order valence-corrected chi connectivity index (χ0v) is 8.21. The molecule has 0 radical (unpaired) electrons. The first-order chi connectivity index (χ1) is 7.29. The highest BCUT2D eigenvalue weighted by Crippen LogP contribution is 2.13. The maximum atomic E-state index is 10.6. The molecule has 1 saturated heterocycles. The van der Waals surface area contributed by atoms with Crippen LogP contribution >= 0.6 is 0 Å². The SMILES string of the molecule is CNCC1OCOC1=O.O=C(O)C(F)(F)F. The van der Waals surface area contributed by atoms with Gasteiger partial charge in [-0.3, -0.25) is 0 Å². The number of carboxylic acids is 1. The van der Waals surface area contributed by atoms with Gasteiger partial charge in [-0.15, -0.1) is 0 Å². The molecule has 1 heterocycles. The van der Waals surface area contributed by atoms with E-state index in [0.29, 0.717) is 6.54 Å². The van der Waals surface area contributed by atoms with Gasteiger partial charge in [0.25, 0.3) is 0 Å². The van der Waals surface area contributed by atoms with Crippen molar-refractivity contribution < 1.29 is 37.3 Å². The quantitative estimate of drug-likeness (QED) is 0.652. The van der Waals surface area contributed by atoms with Crippen LogP contribution in [0.5, 0.6) is 0 Å². The number of hydrogen-bond donors (Lipinski definition) is 2. The minimum absolute atomic E-state index is 0.102. The number of carboxylic acid groups (broad SMARTS) is 1. The first-order valence-corrected chi connectivity index (χ1v) is 4.02. The predicted octanol–water partition coefficient (Wildman–Crippen LogP) is -0.261. The van der Waals surface area contributed by atoms with Gasteiger partial charge in [-0.25, -0.2) is 9.59 Å². The summed E-state index contributed by atoms with van der Waals surface area (Å²) in [7, 11) is 1.76. The Morgan fingerprint density at radius 1 is 1.62 bits per heavy atom. The molecule has 0 aromatic carbocycles. The molecule has 1 rings (SSSR count). The van der Waals surface area contributed by atoms with Crippen molar-refractivity contribution in [2.45, 2.75) is 12.3 Å². The number of likely N-dealkylation sites (N-methyl/N-ethyl adjacent to an activating group) is 1. The number of halogens is 3. The van der Waals surface area contributed by atoms with Gasteiger partial charge in [-0.1, -0.05) is 0 Å². The monoisotopic (exact) mass is 245 g/mol. The second-order valence-corrected chi connectivity index (χ2v) is 2.60. The summed E-state index contributed by atoms with van der Waals surface area (Å²) in [6.07, 6.45) is -5.48. The van der Waals surface area contributed by atoms with Crippen molar-refractivity contribution in [1.82, 2.24) is 5.32 Å². The summed E-state index contributed by atoms with van der Waals surface area (Å²) in [5.41, 5.74) is 0. The summed E-state index contributed by atoms with van der Waals surface area (Å²) in [6, 6.07) is 0. The first-order valence-electron chi connectivity index (χ1n) is 4.02. The summed E-state index contributed by atoms with van der Waals surface area (Å²) in [6.45, 7) is 0.629. The lowest BCUT2D eigenvalue weighted by Gasteiger charge is -2.00. The Hall–Kier alpha value is -1.35. The molecule has 0 bridgehead atoms. The molecule has 9 heteroatoms. The molecule has 1 atom stereocenters. The maximum absolute atomic E-state index is 10.6. The van der Waals surface area contributed by atoms with Crippen LogP contribution in [-0.2, 0) is 19.1 Å². The van der Waals surface area contributed by atoms with Crippen molar-refractivity contribution in [3.8, 4) is 0 Å². The average molecular weight is 245 g/mol. The van der Waals surface area contributed by atoms with Gasteiger partial charge < -0.3 is 19.9 Å². The second kappa shape index (κ2) is 6.28. The fourth-order valence-electron chi connectivity index (χ4n) is 0.663. The van der Waals surface area contributed by atoms with Crippen molar-refractivity contribution in [2.24, 2.45) is 0 Å². The van der Waals surface area contributed by atoms with E-state index < -0.39 is 18.2 Å². The number of nitrogens with one attached hydrogen (secondary N) is 1. The number of cyclic esters (lactones) is 1. The largest absolute Gasteiger partial charge is 0.490 e. The standard InChI is InChI=1S/C5H9NO3.C2HF3O2/c1-6-2-4-5(7)9-3-8-4;3-2(4,5)1(6)7/h4,6H,2-3H2,1H3;(H,6,7). The van der Waals surface area contributed by atoms with Crippen LogP contribution in [0.4, 0.5) is 13.2 Å².